The molecule has 0 unspecified atom stereocenters. The van der Waals surface area contributed by atoms with Crippen LogP contribution in [0.2, 0.25) is 0 Å². The SMILES string of the molecule is CCN(Cc1nc(-c2cccs2)no1)C(=O)CN(c1ccc(C)cc1C)S(C)(=O)=O. The van der Waals surface area contributed by atoms with Crippen molar-refractivity contribution in [2.24, 2.45) is 0 Å². The Bertz CT molecular complexity index is 1120. The third kappa shape index (κ3) is 5.06. The van der Waals surface area contributed by atoms with Crippen molar-refractivity contribution in [3.8, 4) is 10.7 Å². The van der Waals surface area contributed by atoms with E-state index in [1.807, 2.05) is 50.4 Å². The van der Waals surface area contributed by atoms with Crippen LogP contribution in [-0.4, -0.2) is 48.7 Å². The van der Waals surface area contributed by atoms with Gasteiger partial charge in [-0.3, -0.25) is 9.10 Å². The van der Waals surface area contributed by atoms with Crippen molar-refractivity contribution < 1.29 is 17.7 Å². The summed E-state index contributed by atoms with van der Waals surface area (Å²) in [6.45, 7) is 5.75. The smallest absolute Gasteiger partial charge is 0.246 e. The number of hydrogen-bond acceptors (Lipinski definition) is 7. The molecule has 0 aliphatic carbocycles. The molecule has 3 aromatic rings. The van der Waals surface area contributed by atoms with Crippen molar-refractivity contribution in [3.63, 3.8) is 0 Å². The van der Waals surface area contributed by atoms with Crippen molar-refractivity contribution in [1.82, 2.24) is 15.0 Å². The van der Waals surface area contributed by atoms with Crippen LogP contribution in [0, 0.1) is 13.8 Å². The number of benzene rings is 1. The molecule has 0 aliphatic rings. The van der Waals surface area contributed by atoms with Crippen LogP contribution in [0.3, 0.4) is 0 Å². The highest BCUT2D eigenvalue weighted by Gasteiger charge is 2.26. The summed E-state index contributed by atoms with van der Waals surface area (Å²) >= 11 is 1.49. The van der Waals surface area contributed by atoms with E-state index in [0.29, 0.717) is 23.9 Å². The summed E-state index contributed by atoms with van der Waals surface area (Å²) < 4.78 is 31.3. The first-order valence-electron chi connectivity index (χ1n) is 9.38. The van der Waals surface area contributed by atoms with E-state index in [9.17, 15) is 13.2 Å². The molecule has 0 bridgehead atoms. The second kappa shape index (κ2) is 8.97. The Morgan fingerprint density at radius 2 is 2.00 bits per heavy atom. The number of amides is 1. The van der Waals surface area contributed by atoms with Gasteiger partial charge in [-0.25, -0.2) is 8.42 Å². The fraction of sp³-hybridized carbons (Fsp3) is 0.350. The summed E-state index contributed by atoms with van der Waals surface area (Å²) in [5.41, 5.74) is 2.29. The first-order chi connectivity index (χ1) is 14.2. The van der Waals surface area contributed by atoms with Crippen LogP contribution in [0.15, 0.2) is 40.2 Å². The number of aryl methyl sites for hydroxylation is 2. The Kier molecular flexibility index (Phi) is 6.57. The Labute approximate surface area is 180 Å². The quantitative estimate of drug-likeness (QED) is 0.525. The lowest BCUT2D eigenvalue weighted by molar-refractivity contribution is -0.130. The summed E-state index contributed by atoms with van der Waals surface area (Å²) in [5, 5.41) is 5.87. The summed E-state index contributed by atoms with van der Waals surface area (Å²) in [4.78, 5) is 19.7. The molecule has 0 saturated heterocycles. The van der Waals surface area contributed by atoms with E-state index >= 15 is 0 Å². The monoisotopic (exact) mass is 448 g/mol. The zero-order valence-electron chi connectivity index (χ0n) is 17.3. The molecule has 30 heavy (non-hydrogen) atoms. The van der Waals surface area contributed by atoms with Gasteiger partial charge in [0.2, 0.25) is 27.6 Å². The number of rotatable bonds is 8. The van der Waals surface area contributed by atoms with Crippen LogP contribution in [0.25, 0.3) is 10.7 Å². The summed E-state index contributed by atoms with van der Waals surface area (Å²) in [7, 11) is -3.65. The zero-order valence-corrected chi connectivity index (χ0v) is 19.0. The van der Waals surface area contributed by atoms with Gasteiger partial charge < -0.3 is 9.42 Å². The molecule has 8 nitrogen and oxygen atoms in total. The lowest BCUT2D eigenvalue weighted by Crippen LogP contribution is -2.42. The molecule has 1 amide bonds. The van der Waals surface area contributed by atoms with Crippen molar-refractivity contribution in [2.75, 3.05) is 23.7 Å². The highest BCUT2D eigenvalue weighted by molar-refractivity contribution is 7.92. The average Bonchev–Trinajstić information content (AvgIpc) is 3.35. The lowest BCUT2D eigenvalue weighted by Gasteiger charge is -2.27. The van der Waals surface area contributed by atoms with Crippen LogP contribution in [0.4, 0.5) is 5.69 Å². The van der Waals surface area contributed by atoms with E-state index in [-0.39, 0.29) is 19.0 Å². The Balaban J connectivity index is 1.78. The second-order valence-electron chi connectivity index (χ2n) is 6.96. The predicted molar refractivity (Wildman–Crippen MR) is 117 cm³/mol. The standard InChI is InChI=1S/C20H24N4O4S2/c1-5-23(12-18-21-20(22-28-18)17-7-6-10-29-17)19(25)13-24(30(4,26)27)16-9-8-14(2)11-15(16)3/h6-11H,5,12-13H2,1-4H3. The highest BCUT2D eigenvalue weighted by atomic mass is 32.2. The van der Waals surface area contributed by atoms with E-state index in [1.54, 1.807) is 6.07 Å². The van der Waals surface area contributed by atoms with Gasteiger partial charge in [0.25, 0.3) is 0 Å². The van der Waals surface area contributed by atoms with Crippen LogP contribution < -0.4 is 4.31 Å². The second-order valence-corrected chi connectivity index (χ2v) is 9.81. The Hall–Kier alpha value is -2.72. The largest absolute Gasteiger partial charge is 0.337 e. The van der Waals surface area contributed by atoms with Gasteiger partial charge >= 0.3 is 0 Å². The number of sulfonamides is 1. The van der Waals surface area contributed by atoms with E-state index in [4.69, 9.17) is 4.52 Å². The molecule has 0 spiro atoms. The number of thiophene rings is 1. The molecule has 0 radical (unpaired) electrons. The van der Waals surface area contributed by atoms with Gasteiger partial charge in [0.15, 0.2) is 0 Å². The predicted octanol–water partition coefficient (Wildman–Crippen LogP) is 3.23. The van der Waals surface area contributed by atoms with Crippen molar-refractivity contribution in [2.45, 2.75) is 27.3 Å². The zero-order chi connectivity index (χ0) is 21.9. The number of hydrogen-bond donors (Lipinski definition) is 0. The average molecular weight is 449 g/mol. The minimum atomic E-state index is -3.65. The molecule has 0 saturated carbocycles. The van der Waals surface area contributed by atoms with Gasteiger partial charge in [-0.1, -0.05) is 28.9 Å². The molecule has 0 N–H and O–H groups in total. The Morgan fingerprint density at radius 1 is 1.23 bits per heavy atom. The lowest BCUT2D eigenvalue weighted by atomic mass is 10.1. The molecule has 2 heterocycles. The maximum absolute atomic E-state index is 13.0. The molecule has 1 aromatic carbocycles. The molecular weight excluding hydrogens is 424 g/mol. The van der Waals surface area contributed by atoms with Crippen LogP contribution >= 0.6 is 11.3 Å². The maximum atomic E-state index is 13.0. The molecule has 0 aliphatic heterocycles. The summed E-state index contributed by atoms with van der Waals surface area (Å²) in [6, 6.07) is 9.22. The number of aromatic nitrogens is 2. The third-order valence-electron chi connectivity index (χ3n) is 4.57. The van der Waals surface area contributed by atoms with Gasteiger partial charge in [0.05, 0.1) is 16.8 Å². The van der Waals surface area contributed by atoms with Crippen molar-refractivity contribution in [1.29, 1.82) is 0 Å². The van der Waals surface area contributed by atoms with E-state index in [2.05, 4.69) is 10.1 Å². The van der Waals surface area contributed by atoms with Gasteiger partial charge in [-0.2, -0.15) is 4.98 Å². The Morgan fingerprint density at radius 3 is 2.60 bits per heavy atom. The molecule has 10 heteroatoms. The highest BCUT2D eigenvalue weighted by Crippen LogP contribution is 2.24. The van der Waals surface area contributed by atoms with Crippen molar-refractivity contribution in [3.05, 3.63) is 52.7 Å². The molecule has 0 atom stereocenters. The molecule has 160 valence electrons. The van der Waals surface area contributed by atoms with Crippen molar-refractivity contribution >= 4 is 33.0 Å². The summed E-state index contributed by atoms with van der Waals surface area (Å²) in [5.74, 6) is 0.418. The van der Waals surface area contributed by atoms with Gasteiger partial charge in [-0.15, -0.1) is 11.3 Å². The molecule has 2 aromatic heterocycles. The van der Waals surface area contributed by atoms with E-state index < -0.39 is 10.0 Å². The first kappa shape index (κ1) is 22.0. The number of carbonyl (C=O) groups is 1. The number of anilines is 1. The van der Waals surface area contributed by atoms with Gasteiger partial charge in [0.1, 0.15) is 13.1 Å². The fourth-order valence-electron chi connectivity index (χ4n) is 3.05. The van der Waals surface area contributed by atoms with E-state index in [0.717, 1.165) is 26.6 Å². The van der Waals surface area contributed by atoms with E-state index in [1.165, 1.54) is 16.2 Å². The molecular formula is C20H24N4O4S2. The topological polar surface area (TPSA) is 96.6 Å². The summed E-state index contributed by atoms with van der Waals surface area (Å²) in [6.07, 6.45) is 1.10. The van der Waals surface area contributed by atoms with Crippen LogP contribution in [0.1, 0.15) is 23.9 Å². The third-order valence-corrected chi connectivity index (χ3v) is 6.56. The number of carbonyl (C=O) groups excluding carboxylic acids is 1. The number of nitrogens with zero attached hydrogens (tertiary/aromatic N) is 4. The maximum Gasteiger partial charge on any atom is 0.246 e. The minimum absolute atomic E-state index is 0.109. The molecule has 3 rings (SSSR count). The van der Waals surface area contributed by atoms with Crippen LogP contribution in [-0.2, 0) is 21.4 Å². The molecule has 0 fully saturated rings. The first-order valence-corrected chi connectivity index (χ1v) is 12.1. The van der Waals surface area contributed by atoms with Gasteiger partial charge in [0, 0.05) is 6.54 Å². The van der Waals surface area contributed by atoms with Gasteiger partial charge in [-0.05, 0) is 43.8 Å². The minimum Gasteiger partial charge on any atom is -0.337 e. The normalized spacial score (nSPS) is 11.5. The fourth-order valence-corrected chi connectivity index (χ4v) is 4.61. The van der Waals surface area contributed by atoms with Crippen LogP contribution in [0.5, 0.6) is 0 Å². The number of likely N-dealkylation sites (N-methyl/N-ethyl adjacent to an activating group) is 1.